The van der Waals surface area contributed by atoms with Crippen LogP contribution in [0, 0.1) is 0 Å². The Balaban J connectivity index is 2.20. The lowest BCUT2D eigenvalue weighted by molar-refractivity contribution is 0.0206. The topological polar surface area (TPSA) is 89.5 Å². The molecule has 2 N–H and O–H groups in total. The maximum Gasteiger partial charge on any atom is 0.514 e. The number of carbonyl (C=O) groups excluding carboxylic acids is 1. The average Bonchev–Trinajstić information content (AvgIpc) is 2.41. The molecule has 0 aliphatic carbocycles. The number of rotatable bonds is 2. The summed E-state index contributed by atoms with van der Waals surface area (Å²) >= 11 is 11.8. The smallest absolute Gasteiger partial charge is 0.428 e. The van der Waals surface area contributed by atoms with Crippen LogP contribution in [-0.4, -0.2) is 33.5 Å². The molecule has 1 aliphatic rings. The molecule has 0 spiro atoms. The number of nitrogens with zero attached hydrogens (tertiary/aromatic N) is 3. The van der Waals surface area contributed by atoms with Crippen LogP contribution in [0.5, 0.6) is 5.75 Å². The number of carbonyl (C=O) groups is 1. The number of aliphatic imine (C=N–C) groups is 2. The summed E-state index contributed by atoms with van der Waals surface area (Å²) in [5.41, 5.74) is -0.954. The second-order valence-corrected chi connectivity index (χ2v) is 6.37. The zero-order chi connectivity index (χ0) is 17.2. The molecule has 0 fully saturated rings. The fraction of sp³-hybridized carbons (Fsp3) is 0.357. The van der Waals surface area contributed by atoms with Crippen molar-refractivity contribution in [3.05, 3.63) is 29.8 Å². The van der Waals surface area contributed by atoms with Crippen LogP contribution in [0.25, 0.3) is 0 Å². The number of halogens is 2. The van der Waals surface area contributed by atoms with E-state index in [1.165, 1.54) is 0 Å². The highest BCUT2D eigenvalue weighted by Gasteiger charge is 2.24. The summed E-state index contributed by atoms with van der Waals surface area (Å²) in [6.07, 6.45) is -0.806. The first-order valence-electron chi connectivity index (χ1n) is 6.67. The molecule has 0 bridgehead atoms. The van der Waals surface area contributed by atoms with Crippen molar-refractivity contribution in [2.75, 3.05) is 0 Å². The lowest BCUT2D eigenvalue weighted by atomic mass is 10.2. The van der Waals surface area contributed by atoms with E-state index in [1.54, 1.807) is 45.0 Å². The van der Waals surface area contributed by atoms with Crippen LogP contribution in [0.1, 0.15) is 26.3 Å². The molecule has 0 saturated heterocycles. The molecule has 1 aliphatic heterocycles. The van der Waals surface area contributed by atoms with Crippen LogP contribution in [-0.2, 0) is 4.74 Å². The highest BCUT2D eigenvalue weighted by molar-refractivity contribution is 6.66. The zero-order valence-corrected chi connectivity index (χ0v) is 14.3. The third-order valence-electron chi connectivity index (χ3n) is 2.57. The highest BCUT2D eigenvalue weighted by atomic mass is 35.5. The van der Waals surface area contributed by atoms with Gasteiger partial charge in [-0.05, 0) is 44.5 Å². The minimum Gasteiger partial charge on any atom is -0.428 e. The standard InChI is InChI=1S/C14H16Cl2N4O3/c1-14(2,3)23-13(21)22-9-6-4-5-8(7-9)10-18-11(15)19-12(16)20(10)17/h4-7,12H,17H2,1-3H3. The molecule has 0 aromatic heterocycles. The predicted molar refractivity (Wildman–Crippen MR) is 88.8 cm³/mol. The Morgan fingerprint density at radius 1 is 1.39 bits per heavy atom. The zero-order valence-electron chi connectivity index (χ0n) is 12.8. The lowest BCUT2D eigenvalue weighted by Crippen LogP contribution is -2.45. The van der Waals surface area contributed by atoms with Crippen LogP contribution in [0.3, 0.4) is 0 Å². The van der Waals surface area contributed by atoms with Crippen LogP contribution < -0.4 is 10.6 Å². The first kappa shape index (κ1) is 17.5. The van der Waals surface area contributed by atoms with E-state index < -0.39 is 17.4 Å². The Bertz CT molecular complexity index is 670. The second-order valence-electron chi connectivity index (χ2n) is 5.65. The van der Waals surface area contributed by atoms with Crippen LogP contribution in [0.15, 0.2) is 34.3 Å². The Morgan fingerprint density at radius 2 is 2.09 bits per heavy atom. The Labute approximate surface area is 143 Å². The summed E-state index contributed by atoms with van der Waals surface area (Å²) in [4.78, 5) is 19.6. The maximum atomic E-state index is 11.7. The molecule has 1 aromatic rings. The van der Waals surface area contributed by atoms with Crippen LogP contribution in [0.2, 0.25) is 0 Å². The number of ether oxygens (including phenoxy) is 2. The Kier molecular flexibility index (Phi) is 5.13. The van der Waals surface area contributed by atoms with Crippen molar-refractivity contribution in [3.8, 4) is 5.75 Å². The van der Waals surface area contributed by atoms with Gasteiger partial charge in [0, 0.05) is 5.56 Å². The maximum absolute atomic E-state index is 11.7. The van der Waals surface area contributed by atoms with E-state index >= 15 is 0 Å². The Morgan fingerprint density at radius 3 is 2.74 bits per heavy atom. The first-order valence-corrected chi connectivity index (χ1v) is 7.48. The van der Waals surface area contributed by atoms with Gasteiger partial charge in [-0.15, -0.1) is 0 Å². The van der Waals surface area contributed by atoms with E-state index in [0.717, 1.165) is 5.01 Å². The van der Waals surface area contributed by atoms with Gasteiger partial charge in [0.2, 0.25) is 10.9 Å². The SMILES string of the molecule is CC(C)(C)OC(=O)Oc1cccc(C2=NC(Cl)=NC(Cl)N2N)c1. The number of hydrogen-bond acceptors (Lipinski definition) is 7. The van der Waals surface area contributed by atoms with E-state index in [2.05, 4.69) is 9.98 Å². The second kappa shape index (κ2) is 6.74. The molecule has 7 nitrogen and oxygen atoms in total. The molecular weight excluding hydrogens is 343 g/mol. The largest absolute Gasteiger partial charge is 0.514 e. The molecule has 1 atom stereocenters. The summed E-state index contributed by atoms with van der Waals surface area (Å²) in [5, 5.41) is 1.14. The number of amidine groups is 2. The molecule has 9 heteroatoms. The summed E-state index contributed by atoms with van der Waals surface area (Å²) in [5.74, 6) is 6.40. The fourth-order valence-electron chi connectivity index (χ4n) is 1.70. The van der Waals surface area contributed by atoms with Gasteiger partial charge >= 0.3 is 6.16 Å². The number of hydrogen-bond donors (Lipinski definition) is 1. The van der Waals surface area contributed by atoms with E-state index in [4.69, 9.17) is 38.5 Å². The summed E-state index contributed by atoms with van der Waals surface area (Å²) in [6, 6.07) is 6.57. The van der Waals surface area contributed by atoms with Crippen molar-refractivity contribution in [3.63, 3.8) is 0 Å². The van der Waals surface area contributed by atoms with Gasteiger partial charge in [-0.25, -0.2) is 15.6 Å². The molecule has 0 saturated carbocycles. The van der Waals surface area contributed by atoms with Gasteiger partial charge in [0.1, 0.15) is 11.4 Å². The third kappa shape index (κ3) is 4.82. The summed E-state index contributed by atoms with van der Waals surface area (Å²) < 4.78 is 10.2. The van der Waals surface area contributed by atoms with Crippen molar-refractivity contribution in [2.24, 2.45) is 15.8 Å². The van der Waals surface area contributed by atoms with Crippen LogP contribution in [0.4, 0.5) is 4.79 Å². The van der Waals surface area contributed by atoms with Gasteiger partial charge in [0.05, 0.1) is 0 Å². The first-order chi connectivity index (χ1) is 10.7. The average molecular weight is 359 g/mol. The van der Waals surface area contributed by atoms with E-state index in [-0.39, 0.29) is 11.0 Å². The molecular formula is C14H16Cl2N4O3. The summed E-state index contributed by atoms with van der Waals surface area (Å²) in [6.45, 7) is 5.24. The van der Waals surface area contributed by atoms with E-state index in [9.17, 15) is 4.79 Å². The highest BCUT2D eigenvalue weighted by Crippen LogP contribution is 2.21. The normalized spacial score (nSPS) is 18.2. The lowest BCUT2D eigenvalue weighted by Gasteiger charge is -2.26. The summed E-state index contributed by atoms with van der Waals surface area (Å²) in [7, 11) is 0. The minimum absolute atomic E-state index is 0.0137. The van der Waals surface area contributed by atoms with Crippen LogP contribution >= 0.6 is 23.2 Å². The quantitative estimate of drug-likeness (QED) is 0.288. The third-order valence-corrected chi connectivity index (χ3v) is 3.06. The number of benzene rings is 1. The molecule has 1 heterocycles. The molecule has 0 radical (unpaired) electrons. The number of alkyl halides is 1. The fourth-order valence-corrected chi connectivity index (χ4v) is 2.11. The van der Waals surface area contributed by atoms with Crippen molar-refractivity contribution in [1.82, 2.24) is 5.01 Å². The minimum atomic E-state index is -0.870. The van der Waals surface area contributed by atoms with Gasteiger partial charge in [0.25, 0.3) is 0 Å². The molecule has 2 rings (SSSR count). The van der Waals surface area contributed by atoms with Gasteiger partial charge in [-0.2, -0.15) is 4.99 Å². The molecule has 0 amide bonds. The van der Waals surface area contributed by atoms with E-state index in [0.29, 0.717) is 11.4 Å². The predicted octanol–water partition coefficient (Wildman–Crippen LogP) is 3.05. The van der Waals surface area contributed by atoms with Crippen molar-refractivity contribution >= 4 is 40.5 Å². The number of hydrazine groups is 1. The van der Waals surface area contributed by atoms with Crippen molar-refractivity contribution in [1.29, 1.82) is 0 Å². The monoisotopic (exact) mass is 358 g/mol. The van der Waals surface area contributed by atoms with E-state index in [1.807, 2.05) is 0 Å². The molecule has 124 valence electrons. The van der Waals surface area contributed by atoms with Gasteiger partial charge in [-0.3, -0.25) is 5.01 Å². The Hall–Kier alpha value is -1.83. The van der Waals surface area contributed by atoms with Crippen molar-refractivity contribution < 1.29 is 14.3 Å². The van der Waals surface area contributed by atoms with Gasteiger partial charge in [0.15, 0.2) is 5.84 Å². The molecule has 1 aromatic carbocycles. The molecule has 1 unspecified atom stereocenters. The van der Waals surface area contributed by atoms with Gasteiger partial charge < -0.3 is 9.47 Å². The molecule has 23 heavy (non-hydrogen) atoms. The van der Waals surface area contributed by atoms with Gasteiger partial charge in [-0.1, -0.05) is 23.7 Å². The van der Waals surface area contributed by atoms with Crippen molar-refractivity contribution in [2.45, 2.75) is 32.0 Å². The number of nitrogens with two attached hydrogens (primary N) is 1.